The molecule has 0 saturated heterocycles. The fourth-order valence-corrected chi connectivity index (χ4v) is 1.36. The van der Waals surface area contributed by atoms with Crippen molar-refractivity contribution in [3.8, 4) is 0 Å². The molecule has 0 spiro atoms. The topological polar surface area (TPSA) is 68.9 Å². The fraction of sp³-hybridized carbons (Fsp3) is 0.400. The number of nitro groups is 1. The molecule has 0 N–H and O–H groups in total. The summed E-state index contributed by atoms with van der Waals surface area (Å²) in [5.74, 6) is 0. The van der Waals surface area contributed by atoms with E-state index in [1.807, 2.05) is 6.92 Å². The van der Waals surface area contributed by atoms with Crippen LogP contribution in [0, 0.1) is 17.0 Å². The zero-order chi connectivity index (χ0) is 11.3. The Morgan fingerprint density at radius 1 is 1.33 bits per heavy atom. The number of nitrogens with zero attached hydrogens (tertiary/aromatic N) is 3. The van der Waals surface area contributed by atoms with Crippen LogP contribution in [0.1, 0.15) is 18.5 Å². The molecule has 0 radical (unpaired) electrons. The Morgan fingerprint density at radius 3 is 2.53 bits per heavy atom. The second-order valence-corrected chi connectivity index (χ2v) is 3.18. The third kappa shape index (κ3) is 3.46. The van der Waals surface area contributed by atoms with Crippen LogP contribution < -0.4 is 10.6 Å². The van der Waals surface area contributed by atoms with Crippen molar-refractivity contribution in [2.45, 2.75) is 19.8 Å². The van der Waals surface area contributed by atoms with Crippen molar-refractivity contribution in [3.05, 3.63) is 32.7 Å². The van der Waals surface area contributed by atoms with E-state index in [4.69, 9.17) is 10.1 Å². The van der Waals surface area contributed by atoms with E-state index in [1.165, 1.54) is 5.22 Å². The maximum Gasteiger partial charge on any atom is 0.194 e. The van der Waals surface area contributed by atoms with Crippen LogP contribution in [-0.2, 0) is 0 Å². The second kappa shape index (κ2) is 5.19. The minimum absolute atomic E-state index is 0.500. The molecule has 2 rings (SSSR count). The van der Waals surface area contributed by atoms with Gasteiger partial charge in [-0.15, -0.1) is 0 Å². The summed E-state index contributed by atoms with van der Waals surface area (Å²) in [4.78, 5) is 16.6. The minimum Gasteiger partial charge on any atom is -0.265 e. The molecule has 1 aromatic heterocycles. The highest BCUT2D eigenvalue weighted by Crippen LogP contribution is 1.93. The molecule has 1 heterocycles. The summed E-state index contributed by atoms with van der Waals surface area (Å²) in [6, 6.07) is 0. The molecule has 0 saturated carbocycles. The second-order valence-electron chi connectivity index (χ2n) is 3.18. The largest absolute Gasteiger partial charge is 0.265 e. The van der Waals surface area contributed by atoms with Crippen molar-refractivity contribution in [1.29, 1.82) is 0 Å². The first-order valence-corrected chi connectivity index (χ1v) is 4.67. The van der Waals surface area contributed by atoms with Crippen molar-refractivity contribution in [3.63, 3.8) is 0 Å². The Morgan fingerprint density at radius 2 is 1.93 bits per heavy atom. The Hall–Kier alpha value is -1.78. The van der Waals surface area contributed by atoms with Crippen LogP contribution in [0.5, 0.6) is 0 Å². The quantitative estimate of drug-likeness (QED) is 0.444. The number of hydrogen-bond donors (Lipinski definition) is 0. The number of aromatic nitrogens is 2. The Kier molecular flexibility index (Phi) is 3.91. The van der Waals surface area contributed by atoms with Gasteiger partial charge in [0.1, 0.15) is 6.33 Å². The number of hydrogen-bond acceptors (Lipinski definition) is 4. The first-order chi connectivity index (χ1) is 7.11. The minimum atomic E-state index is -0.500. The predicted molar refractivity (Wildman–Crippen MR) is 57.1 cm³/mol. The Balaban J connectivity index is 0.000000245. The van der Waals surface area contributed by atoms with E-state index < -0.39 is 4.92 Å². The first kappa shape index (κ1) is 11.3. The molecular formula is C10H13N3O2. The monoisotopic (exact) mass is 207 g/mol. The summed E-state index contributed by atoms with van der Waals surface area (Å²) in [5, 5.41) is 11.1. The molecule has 80 valence electrons. The zero-order valence-corrected chi connectivity index (χ0v) is 8.80. The van der Waals surface area contributed by atoms with Gasteiger partial charge in [-0.2, -0.15) is 0 Å². The summed E-state index contributed by atoms with van der Waals surface area (Å²) in [6.07, 6.45) is 8.25. The molecule has 0 aromatic carbocycles. The Labute approximate surface area is 87.3 Å². The lowest BCUT2D eigenvalue weighted by atomic mass is 10.1. The van der Waals surface area contributed by atoms with Crippen LogP contribution in [0.25, 0.3) is 12.2 Å². The first-order valence-electron chi connectivity index (χ1n) is 4.67. The molecule has 5 nitrogen and oxygen atoms in total. The number of fused-ring (bicyclic) bond motifs is 1. The molecule has 1 aromatic rings. The van der Waals surface area contributed by atoms with Gasteiger partial charge in [0.15, 0.2) is 7.05 Å². The van der Waals surface area contributed by atoms with Gasteiger partial charge < -0.3 is 0 Å². The van der Waals surface area contributed by atoms with Gasteiger partial charge in [0.2, 0.25) is 0 Å². The molecule has 0 unspecified atom stereocenters. The smallest absolute Gasteiger partial charge is 0.194 e. The molecule has 5 heteroatoms. The van der Waals surface area contributed by atoms with Gasteiger partial charge in [-0.25, -0.2) is 9.97 Å². The van der Waals surface area contributed by atoms with Crippen molar-refractivity contribution in [1.82, 2.24) is 9.97 Å². The maximum atomic E-state index is 8.81. The van der Waals surface area contributed by atoms with Gasteiger partial charge in [0, 0.05) is 15.8 Å². The lowest BCUT2D eigenvalue weighted by Crippen LogP contribution is -2.33. The zero-order valence-electron chi connectivity index (χ0n) is 8.80. The highest BCUT2D eigenvalue weighted by molar-refractivity contribution is 5.36. The summed E-state index contributed by atoms with van der Waals surface area (Å²) >= 11 is 0. The molecule has 0 amide bonds. The van der Waals surface area contributed by atoms with Crippen molar-refractivity contribution < 1.29 is 4.92 Å². The molecule has 0 atom stereocenters. The standard InChI is InChI=1S/C9H10N2.CH3NO2/c1-7-8-4-2-3-5-9(8)11-6-10-7;1-2(3)4/h4-6H,2-3H2,1H3;1H3. The highest BCUT2D eigenvalue weighted by atomic mass is 16.6. The van der Waals surface area contributed by atoms with E-state index in [-0.39, 0.29) is 0 Å². The third-order valence-corrected chi connectivity index (χ3v) is 1.97. The van der Waals surface area contributed by atoms with E-state index in [2.05, 4.69) is 22.1 Å². The molecular weight excluding hydrogens is 194 g/mol. The van der Waals surface area contributed by atoms with E-state index in [9.17, 15) is 0 Å². The van der Waals surface area contributed by atoms with Crippen LogP contribution in [0.2, 0.25) is 0 Å². The predicted octanol–water partition coefficient (Wildman–Crippen LogP) is 0.0327. The number of aryl methyl sites for hydroxylation is 1. The van der Waals surface area contributed by atoms with Gasteiger partial charge in [-0.3, -0.25) is 10.1 Å². The molecule has 0 fully saturated rings. The molecule has 15 heavy (non-hydrogen) atoms. The van der Waals surface area contributed by atoms with E-state index in [0.29, 0.717) is 0 Å². The molecule has 0 aliphatic heterocycles. The Bertz CT molecular complexity index is 464. The molecule has 1 aliphatic carbocycles. The summed E-state index contributed by atoms with van der Waals surface area (Å²) in [5.41, 5.74) is 1.09. The van der Waals surface area contributed by atoms with E-state index in [0.717, 1.165) is 30.9 Å². The normalized spacial score (nSPS) is 12.4. The van der Waals surface area contributed by atoms with Crippen LogP contribution in [0.3, 0.4) is 0 Å². The fourth-order valence-electron chi connectivity index (χ4n) is 1.36. The van der Waals surface area contributed by atoms with Gasteiger partial charge in [0.05, 0.1) is 5.35 Å². The highest BCUT2D eigenvalue weighted by Gasteiger charge is 1.96. The molecule has 1 aliphatic rings. The third-order valence-electron chi connectivity index (χ3n) is 1.97. The summed E-state index contributed by atoms with van der Waals surface area (Å²) < 4.78 is 0. The van der Waals surface area contributed by atoms with Crippen LogP contribution in [0.4, 0.5) is 0 Å². The van der Waals surface area contributed by atoms with Crippen LogP contribution in [-0.4, -0.2) is 21.9 Å². The van der Waals surface area contributed by atoms with E-state index in [1.54, 1.807) is 6.33 Å². The van der Waals surface area contributed by atoms with Gasteiger partial charge in [-0.1, -0.05) is 12.2 Å². The number of rotatable bonds is 0. The SMILES string of the molecule is C[N+](=O)[O-].Cc1ncnc2c1=CCCC=2. The summed E-state index contributed by atoms with van der Waals surface area (Å²) in [7, 11) is 0.889. The average Bonchev–Trinajstić information content (AvgIpc) is 2.18. The van der Waals surface area contributed by atoms with Crippen molar-refractivity contribution >= 4 is 12.2 Å². The van der Waals surface area contributed by atoms with Crippen molar-refractivity contribution in [2.75, 3.05) is 7.05 Å². The lowest BCUT2D eigenvalue weighted by Gasteiger charge is -1.99. The van der Waals surface area contributed by atoms with Gasteiger partial charge in [-0.05, 0) is 19.8 Å². The van der Waals surface area contributed by atoms with Crippen LogP contribution in [0.15, 0.2) is 6.33 Å². The van der Waals surface area contributed by atoms with Gasteiger partial charge >= 0.3 is 0 Å². The summed E-state index contributed by atoms with van der Waals surface area (Å²) in [6.45, 7) is 2.02. The average molecular weight is 207 g/mol. The van der Waals surface area contributed by atoms with Crippen molar-refractivity contribution in [2.24, 2.45) is 0 Å². The van der Waals surface area contributed by atoms with Gasteiger partial charge in [0.25, 0.3) is 0 Å². The molecule has 0 bridgehead atoms. The van der Waals surface area contributed by atoms with Crippen LogP contribution >= 0.6 is 0 Å². The lowest BCUT2D eigenvalue weighted by molar-refractivity contribution is -0.445. The maximum absolute atomic E-state index is 8.81. The van der Waals surface area contributed by atoms with E-state index >= 15 is 0 Å².